The third-order valence-corrected chi connectivity index (χ3v) is 3.43. The number of anilines is 1. The molecule has 1 aliphatic rings. The number of hydrogen-bond donors (Lipinski definition) is 1. The van der Waals surface area contributed by atoms with Gasteiger partial charge in [0, 0.05) is 13.5 Å². The van der Waals surface area contributed by atoms with E-state index in [0.717, 1.165) is 10.5 Å². The van der Waals surface area contributed by atoms with Gasteiger partial charge in [-0.2, -0.15) is 0 Å². The van der Waals surface area contributed by atoms with Crippen LogP contribution >= 0.6 is 0 Å². The largest absolute Gasteiger partial charge is 0.479 e. The number of carbonyl (C=O) groups is 2. The third-order valence-electron chi connectivity index (χ3n) is 3.43. The smallest absolute Gasteiger partial charge is 0.415 e. The molecule has 0 aromatic heterocycles. The SMILES string of the molecule is C=CCOC(=O)N1c2ccccc2CC1(COC)C(=O)O. The van der Waals surface area contributed by atoms with Crippen LogP contribution in [0.15, 0.2) is 36.9 Å². The average molecular weight is 291 g/mol. The lowest BCUT2D eigenvalue weighted by Gasteiger charge is -2.33. The summed E-state index contributed by atoms with van der Waals surface area (Å²) in [6, 6.07) is 7.04. The zero-order chi connectivity index (χ0) is 15.5. The van der Waals surface area contributed by atoms with Gasteiger partial charge < -0.3 is 14.6 Å². The molecule has 1 heterocycles. The molecule has 2 rings (SSSR count). The van der Waals surface area contributed by atoms with Crippen molar-refractivity contribution in [3.63, 3.8) is 0 Å². The van der Waals surface area contributed by atoms with E-state index in [4.69, 9.17) is 9.47 Å². The number of methoxy groups -OCH3 is 1. The van der Waals surface area contributed by atoms with E-state index in [9.17, 15) is 14.7 Å². The van der Waals surface area contributed by atoms with Crippen LogP contribution in [0, 0.1) is 0 Å². The molecule has 112 valence electrons. The third kappa shape index (κ3) is 2.50. The number of carboxylic acid groups (broad SMARTS) is 1. The lowest BCUT2D eigenvalue weighted by molar-refractivity contribution is -0.145. The average Bonchev–Trinajstić information content (AvgIpc) is 2.80. The van der Waals surface area contributed by atoms with Gasteiger partial charge in [-0.25, -0.2) is 9.59 Å². The Balaban J connectivity index is 2.48. The molecular weight excluding hydrogens is 274 g/mol. The second-order valence-electron chi connectivity index (χ2n) is 4.78. The molecule has 1 amide bonds. The van der Waals surface area contributed by atoms with Crippen molar-refractivity contribution in [3.8, 4) is 0 Å². The van der Waals surface area contributed by atoms with Crippen LogP contribution < -0.4 is 4.90 Å². The quantitative estimate of drug-likeness (QED) is 0.838. The van der Waals surface area contributed by atoms with Gasteiger partial charge in [-0.3, -0.25) is 4.90 Å². The van der Waals surface area contributed by atoms with Crippen LogP contribution in [0.2, 0.25) is 0 Å². The van der Waals surface area contributed by atoms with E-state index in [0.29, 0.717) is 5.69 Å². The highest BCUT2D eigenvalue weighted by molar-refractivity contribution is 6.01. The molecule has 0 fully saturated rings. The summed E-state index contributed by atoms with van der Waals surface area (Å²) in [6.07, 6.45) is 0.882. The number of amides is 1. The summed E-state index contributed by atoms with van der Waals surface area (Å²) >= 11 is 0. The van der Waals surface area contributed by atoms with Crippen LogP contribution in [0.1, 0.15) is 5.56 Å². The van der Waals surface area contributed by atoms with Crippen molar-refractivity contribution in [2.45, 2.75) is 12.0 Å². The molecule has 0 aliphatic carbocycles. The van der Waals surface area contributed by atoms with Crippen molar-refractivity contribution in [2.24, 2.45) is 0 Å². The van der Waals surface area contributed by atoms with Gasteiger partial charge in [0.25, 0.3) is 0 Å². The molecule has 1 aliphatic heterocycles. The van der Waals surface area contributed by atoms with E-state index in [2.05, 4.69) is 6.58 Å². The number of rotatable bonds is 5. The maximum absolute atomic E-state index is 12.3. The predicted molar refractivity (Wildman–Crippen MR) is 76.4 cm³/mol. The van der Waals surface area contributed by atoms with Gasteiger partial charge in [-0.05, 0) is 11.6 Å². The number of aliphatic carboxylic acids is 1. The molecule has 0 saturated carbocycles. The van der Waals surface area contributed by atoms with Crippen molar-refractivity contribution in [3.05, 3.63) is 42.5 Å². The fraction of sp³-hybridized carbons (Fsp3) is 0.333. The number of para-hydroxylation sites is 1. The first-order valence-corrected chi connectivity index (χ1v) is 6.45. The molecule has 1 aromatic carbocycles. The Morgan fingerprint density at radius 2 is 2.19 bits per heavy atom. The first-order valence-electron chi connectivity index (χ1n) is 6.45. The number of nitrogens with zero attached hydrogens (tertiary/aromatic N) is 1. The minimum atomic E-state index is -1.49. The fourth-order valence-corrected chi connectivity index (χ4v) is 2.56. The summed E-state index contributed by atoms with van der Waals surface area (Å²) in [6.45, 7) is 3.36. The number of carboxylic acids is 1. The van der Waals surface area contributed by atoms with Crippen LogP contribution in [0.3, 0.4) is 0 Å². The van der Waals surface area contributed by atoms with Crippen molar-refractivity contribution in [1.29, 1.82) is 0 Å². The maximum atomic E-state index is 12.3. The lowest BCUT2D eigenvalue weighted by Crippen LogP contribution is -2.59. The summed E-state index contributed by atoms with van der Waals surface area (Å²) in [5, 5.41) is 9.66. The highest BCUT2D eigenvalue weighted by Crippen LogP contribution is 2.39. The second kappa shape index (κ2) is 5.97. The van der Waals surface area contributed by atoms with Gasteiger partial charge in [0.1, 0.15) is 6.61 Å². The molecule has 1 N–H and O–H groups in total. The molecule has 0 bridgehead atoms. The van der Waals surface area contributed by atoms with E-state index in [-0.39, 0.29) is 19.6 Å². The van der Waals surface area contributed by atoms with Crippen molar-refractivity contribution >= 4 is 17.7 Å². The number of benzene rings is 1. The highest BCUT2D eigenvalue weighted by Gasteiger charge is 2.53. The first kappa shape index (κ1) is 15.1. The van der Waals surface area contributed by atoms with Crippen LogP contribution in [-0.4, -0.2) is 43.0 Å². The monoisotopic (exact) mass is 291 g/mol. The number of hydrogen-bond acceptors (Lipinski definition) is 4. The summed E-state index contributed by atoms with van der Waals surface area (Å²) in [5.74, 6) is -1.13. The molecule has 1 atom stereocenters. The van der Waals surface area contributed by atoms with E-state index in [1.165, 1.54) is 13.2 Å². The van der Waals surface area contributed by atoms with Gasteiger partial charge in [-0.1, -0.05) is 30.9 Å². The fourth-order valence-electron chi connectivity index (χ4n) is 2.56. The molecule has 6 heteroatoms. The summed E-state index contributed by atoms with van der Waals surface area (Å²) in [4.78, 5) is 25.3. The van der Waals surface area contributed by atoms with Gasteiger partial charge in [0.15, 0.2) is 5.54 Å². The Labute approximate surface area is 122 Å². The van der Waals surface area contributed by atoms with Crippen molar-refractivity contribution in [1.82, 2.24) is 0 Å². The minimum absolute atomic E-state index is 0.0141. The van der Waals surface area contributed by atoms with Crippen LogP contribution in [0.25, 0.3) is 0 Å². The molecule has 1 unspecified atom stereocenters. The molecular formula is C15H17NO5. The predicted octanol–water partition coefficient (Wildman–Crippen LogP) is 1.84. The standard InChI is InChI=1S/C15H17NO5/c1-3-8-21-14(19)16-12-7-5-4-6-11(12)9-15(16,10-20-2)13(17)18/h3-7H,1,8-10H2,2H3,(H,17,18). The van der Waals surface area contributed by atoms with Gasteiger partial charge >= 0.3 is 12.1 Å². The Bertz CT molecular complexity index is 571. The zero-order valence-corrected chi connectivity index (χ0v) is 11.7. The van der Waals surface area contributed by atoms with Gasteiger partial charge in [-0.15, -0.1) is 0 Å². The minimum Gasteiger partial charge on any atom is -0.479 e. The van der Waals surface area contributed by atoms with E-state index >= 15 is 0 Å². The number of ether oxygens (including phenoxy) is 2. The maximum Gasteiger partial charge on any atom is 0.415 e. The molecule has 0 radical (unpaired) electrons. The summed E-state index contributed by atoms with van der Waals surface area (Å²) in [5.41, 5.74) is -0.185. The number of fused-ring (bicyclic) bond motifs is 1. The topological polar surface area (TPSA) is 76.1 Å². The molecule has 0 spiro atoms. The van der Waals surface area contributed by atoms with E-state index < -0.39 is 17.6 Å². The Morgan fingerprint density at radius 3 is 2.81 bits per heavy atom. The lowest BCUT2D eigenvalue weighted by atomic mass is 9.95. The van der Waals surface area contributed by atoms with Crippen LogP contribution in [0.4, 0.5) is 10.5 Å². The summed E-state index contributed by atoms with van der Waals surface area (Å²) in [7, 11) is 1.40. The molecule has 6 nitrogen and oxygen atoms in total. The van der Waals surface area contributed by atoms with E-state index in [1.54, 1.807) is 24.3 Å². The molecule has 21 heavy (non-hydrogen) atoms. The molecule has 1 aromatic rings. The Hall–Kier alpha value is -2.34. The van der Waals surface area contributed by atoms with Crippen molar-refractivity contribution < 1.29 is 24.2 Å². The van der Waals surface area contributed by atoms with Gasteiger partial charge in [0.05, 0.1) is 12.3 Å². The molecule has 0 saturated heterocycles. The number of carbonyl (C=O) groups excluding carboxylic acids is 1. The Kier molecular flexibility index (Phi) is 4.28. The summed E-state index contributed by atoms with van der Waals surface area (Å²) < 4.78 is 10.1. The Morgan fingerprint density at radius 1 is 1.48 bits per heavy atom. The van der Waals surface area contributed by atoms with Crippen LogP contribution in [-0.2, 0) is 20.7 Å². The first-order chi connectivity index (χ1) is 10.1. The van der Waals surface area contributed by atoms with Crippen molar-refractivity contribution in [2.75, 3.05) is 25.2 Å². The highest BCUT2D eigenvalue weighted by atomic mass is 16.6. The zero-order valence-electron chi connectivity index (χ0n) is 11.7. The van der Waals surface area contributed by atoms with Gasteiger partial charge in [0.2, 0.25) is 0 Å². The second-order valence-corrected chi connectivity index (χ2v) is 4.78. The van der Waals surface area contributed by atoms with E-state index in [1.807, 2.05) is 0 Å². The van der Waals surface area contributed by atoms with Crippen LogP contribution in [0.5, 0.6) is 0 Å². The normalized spacial score (nSPS) is 20.0.